The molecule has 0 fully saturated rings. The summed E-state index contributed by atoms with van der Waals surface area (Å²) in [5, 5.41) is 5.24. The van der Waals surface area contributed by atoms with Crippen molar-refractivity contribution in [3.8, 4) is 0 Å². The zero-order chi connectivity index (χ0) is 11.8. The fraction of sp³-hybridized carbons (Fsp3) is 0.333. The topological polar surface area (TPSA) is 58.2 Å². The molecule has 1 rings (SSSR count). The maximum absolute atomic E-state index is 11.3. The van der Waals surface area contributed by atoms with Crippen molar-refractivity contribution in [1.29, 1.82) is 0 Å². The van der Waals surface area contributed by atoms with Crippen molar-refractivity contribution in [2.45, 2.75) is 19.9 Å². The van der Waals surface area contributed by atoms with Crippen LogP contribution in [0, 0.1) is 0 Å². The average molecular weight is 220 g/mol. The third-order valence-electron chi connectivity index (χ3n) is 2.10. The molecule has 4 heteroatoms. The summed E-state index contributed by atoms with van der Waals surface area (Å²) in [5.74, 6) is -0.291. The molecule has 0 spiro atoms. The Kier molecular flexibility index (Phi) is 5.05. The van der Waals surface area contributed by atoms with Gasteiger partial charge in [-0.05, 0) is 5.56 Å². The van der Waals surface area contributed by atoms with Crippen LogP contribution in [0.3, 0.4) is 0 Å². The Bertz CT molecular complexity index is 349. The summed E-state index contributed by atoms with van der Waals surface area (Å²) in [6, 6.07) is 9.63. The molecule has 0 aliphatic heterocycles. The largest absolute Gasteiger partial charge is 0.350 e. The normalized spacial score (nSPS) is 9.56. The van der Waals surface area contributed by atoms with E-state index in [-0.39, 0.29) is 18.4 Å². The predicted octanol–water partition coefficient (Wildman–Crippen LogP) is 0.829. The van der Waals surface area contributed by atoms with E-state index in [0.29, 0.717) is 13.0 Å². The molecule has 0 unspecified atom stereocenters. The third-order valence-corrected chi connectivity index (χ3v) is 2.10. The average Bonchev–Trinajstić information content (AvgIpc) is 2.34. The van der Waals surface area contributed by atoms with Crippen molar-refractivity contribution in [2.75, 3.05) is 6.54 Å². The van der Waals surface area contributed by atoms with Crippen LogP contribution < -0.4 is 10.6 Å². The summed E-state index contributed by atoms with van der Waals surface area (Å²) in [5.41, 5.74) is 1.04. The highest BCUT2D eigenvalue weighted by atomic mass is 16.2. The molecule has 0 heterocycles. The fourth-order valence-electron chi connectivity index (χ4n) is 1.16. The first-order chi connectivity index (χ1) is 7.72. The quantitative estimate of drug-likeness (QED) is 0.772. The van der Waals surface area contributed by atoms with E-state index < -0.39 is 0 Å². The van der Waals surface area contributed by atoms with E-state index in [0.717, 1.165) is 5.56 Å². The van der Waals surface area contributed by atoms with Crippen molar-refractivity contribution >= 4 is 11.8 Å². The van der Waals surface area contributed by atoms with Crippen LogP contribution in [0.1, 0.15) is 18.9 Å². The van der Waals surface area contributed by atoms with Crippen LogP contribution in [0.4, 0.5) is 0 Å². The lowest BCUT2D eigenvalue weighted by molar-refractivity contribution is -0.126. The van der Waals surface area contributed by atoms with Gasteiger partial charge >= 0.3 is 0 Å². The Morgan fingerprint density at radius 1 is 1.06 bits per heavy atom. The molecule has 0 aliphatic carbocycles. The number of hydrogen-bond acceptors (Lipinski definition) is 2. The van der Waals surface area contributed by atoms with Crippen molar-refractivity contribution < 1.29 is 9.59 Å². The lowest BCUT2D eigenvalue weighted by atomic mass is 10.2. The Labute approximate surface area is 95.0 Å². The number of benzene rings is 1. The van der Waals surface area contributed by atoms with E-state index >= 15 is 0 Å². The summed E-state index contributed by atoms with van der Waals surface area (Å²) in [6.45, 7) is 2.28. The van der Waals surface area contributed by atoms with Crippen LogP contribution in [-0.2, 0) is 16.1 Å². The second-order valence-electron chi connectivity index (χ2n) is 3.39. The van der Waals surface area contributed by atoms with Crippen LogP contribution in [0.25, 0.3) is 0 Å². The summed E-state index contributed by atoms with van der Waals surface area (Å²) >= 11 is 0. The molecule has 0 radical (unpaired) electrons. The maximum atomic E-state index is 11.3. The number of carbonyl (C=O) groups excluding carboxylic acids is 2. The first-order valence-electron chi connectivity index (χ1n) is 5.29. The van der Waals surface area contributed by atoms with Gasteiger partial charge in [-0.1, -0.05) is 37.3 Å². The molecule has 86 valence electrons. The number of rotatable bonds is 5. The third kappa shape index (κ3) is 4.59. The van der Waals surface area contributed by atoms with Gasteiger partial charge in [-0.15, -0.1) is 0 Å². The Morgan fingerprint density at radius 3 is 2.38 bits per heavy atom. The van der Waals surface area contributed by atoms with E-state index in [4.69, 9.17) is 0 Å². The van der Waals surface area contributed by atoms with E-state index in [1.807, 2.05) is 30.3 Å². The molecule has 4 nitrogen and oxygen atoms in total. The summed E-state index contributed by atoms with van der Waals surface area (Å²) in [6.07, 6.45) is 0.395. The molecule has 1 aromatic carbocycles. The first kappa shape index (κ1) is 12.2. The lowest BCUT2D eigenvalue weighted by Gasteiger charge is -2.06. The van der Waals surface area contributed by atoms with Crippen molar-refractivity contribution in [3.63, 3.8) is 0 Å². The van der Waals surface area contributed by atoms with Gasteiger partial charge in [0, 0.05) is 13.0 Å². The molecular weight excluding hydrogens is 204 g/mol. The Morgan fingerprint density at radius 2 is 1.75 bits per heavy atom. The van der Waals surface area contributed by atoms with Crippen LogP contribution in [0.5, 0.6) is 0 Å². The smallest absolute Gasteiger partial charge is 0.239 e. The van der Waals surface area contributed by atoms with Crippen LogP contribution in [0.2, 0.25) is 0 Å². The highest BCUT2D eigenvalue weighted by molar-refractivity contribution is 5.84. The summed E-state index contributed by atoms with van der Waals surface area (Å²) in [4.78, 5) is 22.2. The minimum Gasteiger partial charge on any atom is -0.350 e. The van der Waals surface area contributed by atoms with Gasteiger partial charge in [0.25, 0.3) is 0 Å². The van der Waals surface area contributed by atoms with E-state index in [2.05, 4.69) is 10.6 Å². The molecular formula is C12H16N2O2. The van der Waals surface area contributed by atoms with Gasteiger partial charge < -0.3 is 10.6 Å². The molecule has 1 aromatic rings. The fourth-order valence-corrected chi connectivity index (χ4v) is 1.16. The number of carbonyl (C=O) groups is 2. The predicted molar refractivity (Wildman–Crippen MR) is 61.6 cm³/mol. The standard InChI is InChI=1S/C12H16N2O2/c1-2-11(15)14-9-12(16)13-8-10-6-4-3-5-7-10/h3-7H,2,8-9H2,1H3,(H,13,16)(H,14,15). The number of amides is 2. The lowest BCUT2D eigenvalue weighted by Crippen LogP contribution is -2.36. The van der Waals surface area contributed by atoms with Gasteiger partial charge in [-0.3, -0.25) is 9.59 Å². The van der Waals surface area contributed by atoms with Gasteiger partial charge in [0.15, 0.2) is 0 Å². The Hall–Kier alpha value is -1.84. The highest BCUT2D eigenvalue weighted by Crippen LogP contribution is 1.96. The van der Waals surface area contributed by atoms with Crippen molar-refractivity contribution in [3.05, 3.63) is 35.9 Å². The second kappa shape index (κ2) is 6.61. The minimum absolute atomic E-state index is 0.0412. The van der Waals surface area contributed by atoms with Gasteiger partial charge in [0.05, 0.1) is 6.54 Å². The van der Waals surface area contributed by atoms with Crippen LogP contribution >= 0.6 is 0 Å². The number of nitrogens with one attached hydrogen (secondary N) is 2. The van der Waals surface area contributed by atoms with Crippen LogP contribution in [-0.4, -0.2) is 18.4 Å². The SMILES string of the molecule is CCC(=O)NCC(=O)NCc1ccccc1. The van der Waals surface area contributed by atoms with E-state index in [9.17, 15) is 9.59 Å². The molecule has 16 heavy (non-hydrogen) atoms. The molecule has 0 saturated heterocycles. The van der Waals surface area contributed by atoms with Gasteiger partial charge in [-0.2, -0.15) is 0 Å². The summed E-state index contributed by atoms with van der Waals surface area (Å²) < 4.78 is 0. The van der Waals surface area contributed by atoms with E-state index in [1.165, 1.54) is 0 Å². The second-order valence-corrected chi connectivity index (χ2v) is 3.39. The van der Waals surface area contributed by atoms with E-state index in [1.54, 1.807) is 6.92 Å². The summed E-state index contributed by atoms with van der Waals surface area (Å²) in [7, 11) is 0. The zero-order valence-corrected chi connectivity index (χ0v) is 9.32. The van der Waals surface area contributed by atoms with Crippen LogP contribution in [0.15, 0.2) is 30.3 Å². The highest BCUT2D eigenvalue weighted by Gasteiger charge is 2.02. The minimum atomic E-state index is -0.175. The molecule has 2 N–H and O–H groups in total. The zero-order valence-electron chi connectivity index (χ0n) is 9.32. The van der Waals surface area contributed by atoms with Gasteiger partial charge in [0.2, 0.25) is 11.8 Å². The maximum Gasteiger partial charge on any atom is 0.239 e. The molecule has 2 amide bonds. The Balaban J connectivity index is 2.23. The monoisotopic (exact) mass is 220 g/mol. The van der Waals surface area contributed by atoms with Gasteiger partial charge in [-0.25, -0.2) is 0 Å². The molecule has 0 aliphatic rings. The van der Waals surface area contributed by atoms with Crippen molar-refractivity contribution in [2.24, 2.45) is 0 Å². The van der Waals surface area contributed by atoms with Gasteiger partial charge in [0.1, 0.15) is 0 Å². The molecule has 0 saturated carbocycles. The number of hydrogen-bond donors (Lipinski definition) is 2. The molecule has 0 aromatic heterocycles. The molecule has 0 atom stereocenters. The first-order valence-corrected chi connectivity index (χ1v) is 5.29. The molecule has 0 bridgehead atoms. The van der Waals surface area contributed by atoms with Crippen molar-refractivity contribution in [1.82, 2.24) is 10.6 Å².